The SMILES string of the molecule is ON=Cc1ccc[n+](C(Cl)(Cl)Cl)c1. The molecule has 0 aliphatic heterocycles. The zero-order valence-corrected chi connectivity index (χ0v) is 8.63. The van der Waals surface area contributed by atoms with E-state index in [2.05, 4.69) is 5.16 Å². The van der Waals surface area contributed by atoms with E-state index in [4.69, 9.17) is 40.0 Å². The molecule has 0 fully saturated rings. The van der Waals surface area contributed by atoms with Crippen molar-refractivity contribution in [1.82, 2.24) is 0 Å². The van der Waals surface area contributed by atoms with Crippen LogP contribution in [0.3, 0.4) is 0 Å². The zero-order chi connectivity index (χ0) is 9.90. The molecule has 0 spiro atoms. The number of hydrogen-bond donors (Lipinski definition) is 1. The quantitative estimate of drug-likeness (QED) is 0.263. The van der Waals surface area contributed by atoms with Gasteiger partial charge in [-0.15, -0.1) is 0 Å². The van der Waals surface area contributed by atoms with Gasteiger partial charge in [0.15, 0.2) is 12.4 Å². The first-order chi connectivity index (χ1) is 6.04. The van der Waals surface area contributed by atoms with E-state index in [9.17, 15) is 0 Å². The number of pyridine rings is 1. The van der Waals surface area contributed by atoms with Crippen molar-refractivity contribution in [3.8, 4) is 0 Å². The van der Waals surface area contributed by atoms with Crippen LogP contribution in [0.2, 0.25) is 0 Å². The second-order valence-corrected chi connectivity index (χ2v) is 4.48. The molecule has 0 radical (unpaired) electrons. The summed E-state index contributed by atoms with van der Waals surface area (Å²) in [7, 11) is 0. The molecule has 1 aromatic rings. The van der Waals surface area contributed by atoms with Gasteiger partial charge in [-0.3, -0.25) is 0 Å². The maximum Gasteiger partial charge on any atom is 0.399 e. The molecule has 1 rings (SSSR count). The number of halogens is 3. The van der Waals surface area contributed by atoms with Gasteiger partial charge in [-0.25, -0.2) is 0 Å². The Bertz CT molecular complexity index is 322. The van der Waals surface area contributed by atoms with Crippen LogP contribution in [-0.2, 0) is 3.92 Å². The largest absolute Gasteiger partial charge is 0.411 e. The summed E-state index contributed by atoms with van der Waals surface area (Å²) >= 11 is 16.9. The van der Waals surface area contributed by atoms with Crippen LogP contribution in [0.25, 0.3) is 0 Å². The van der Waals surface area contributed by atoms with Crippen LogP contribution < -0.4 is 4.57 Å². The van der Waals surface area contributed by atoms with E-state index in [0.29, 0.717) is 5.56 Å². The van der Waals surface area contributed by atoms with Crippen LogP contribution in [0.1, 0.15) is 5.56 Å². The summed E-state index contributed by atoms with van der Waals surface area (Å²) in [4.78, 5) is 0. The van der Waals surface area contributed by atoms with Crippen molar-refractivity contribution in [3.05, 3.63) is 30.1 Å². The van der Waals surface area contributed by atoms with Crippen LogP contribution in [0.4, 0.5) is 0 Å². The highest BCUT2D eigenvalue weighted by molar-refractivity contribution is 6.63. The Morgan fingerprint density at radius 3 is 2.69 bits per heavy atom. The normalized spacial score (nSPS) is 12.2. The molecule has 13 heavy (non-hydrogen) atoms. The Kier molecular flexibility index (Phi) is 3.36. The van der Waals surface area contributed by atoms with Gasteiger partial charge in [-0.1, -0.05) is 5.16 Å². The van der Waals surface area contributed by atoms with Crippen LogP contribution in [0.5, 0.6) is 0 Å². The summed E-state index contributed by atoms with van der Waals surface area (Å²) < 4.78 is -0.159. The van der Waals surface area contributed by atoms with Gasteiger partial charge in [0.25, 0.3) is 0 Å². The van der Waals surface area contributed by atoms with Gasteiger partial charge in [-0.2, -0.15) is 4.57 Å². The van der Waals surface area contributed by atoms with Crippen molar-refractivity contribution < 1.29 is 9.77 Å². The standard InChI is InChI=1S/C7H5Cl3N2O/c8-7(9,10)12-3-1-2-6(5-12)4-11-13/h1-5H/p+1. The Hall–Kier alpha value is -0.510. The Balaban J connectivity index is 3.05. The molecular weight excluding hydrogens is 234 g/mol. The van der Waals surface area contributed by atoms with Gasteiger partial charge in [0.2, 0.25) is 0 Å². The second kappa shape index (κ2) is 4.13. The van der Waals surface area contributed by atoms with Crippen LogP contribution >= 0.6 is 34.8 Å². The molecule has 1 aromatic heterocycles. The minimum absolute atomic E-state index is 0.635. The second-order valence-electron chi connectivity index (χ2n) is 2.26. The van der Waals surface area contributed by atoms with Crippen molar-refractivity contribution in [3.63, 3.8) is 0 Å². The van der Waals surface area contributed by atoms with E-state index in [1.54, 1.807) is 24.5 Å². The van der Waals surface area contributed by atoms with Crippen molar-refractivity contribution in [1.29, 1.82) is 0 Å². The summed E-state index contributed by atoms with van der Waals surface area (Å²) in [6, 6.07) is 3.39. The van der Waals surface area contributed by atoms with Crippen molar-refractivity contribution in [2.75, 3.05) is 0 Å². The molecule has 3 nitrogen and oxygen atoms in total. The molecule has 6 heteroatoms. The van der Waals surface area contributed by atoms with E-state index in [0.717, 1.165) is 0 Å². The first-order valence-electron chi connectivity index (χ1n) is 3.30. The number of hydrogen-bond acceptors (Lipinski definition) is 2. The lowest BCUT2D eigenvalue weighted by molar-refractivity contribution is -0.699. The lowest BCUT2D eigenvalue weighted by atomic mass is 10.3. The minimum atomic E-state index is -1.53. The van der Waals surface area contributed by atoms with Crippen molar-refractivity contribution in [2.24, 2.45) is 5.16 Å². The minimum Gasteiger partial charge on any atom is -0.411 e. The van der Waals surface area contributed by atoms with E-state index >= 15 is 0 Å². The fourth-order valence-corrected chi connectivity index (χ4v) is 1.11. The molecule has 1 heterocycles. The van der Waals surface area contributed by atoms with Gasteiger partial charge < -0.3 is 5.21 Å². The summed E-state index contributed by atoms with van der Waals surface area (Å²) in [6.07, 6.45) is 4.39. The van der Waals surface area contributed by atoms with Crippen molar-refractivity contribution >= 4 is 41.0 Å². The molecule has 1 N–H and O–H groups in total. The average molecular weight is 240 g/mol. The Morgan fingerprint density at radius 1 is 1.46 bits per heavy atom. The third-order valence-corrected chi connectivity index (χ3v) is 1.91. The summed E-state index contributed by atoms with van der Waals surface area (Å²) in [5.74, 6) is 0. The first-order valence-corrected chi connectivity index (χ1v) is 4.43. The molecule has 0 saturated carbocycles. The number of aromatic nitrogens is 1. The molecule has 0 amide bonds. The maximum absolute atomic E-state index is 8.27. The highest BCUT2D eigenvalue weighted by atomic mass is 35.6. The molecule has 0 aliphatic rings. The van der Waals surface area contributed by atoms with Gasteiger partial charge in [-0.05, 0) is 40.9 Å². The lowest BCUT2D eigenvalue weighted by Gasteiger charge is -2.04. The average Bonchev–Trinajstić information content (AvgIpc) is 2.04. The highest BCUT2D eigenvalue weighted by Crippen LogP contribution is 2.24. The van der Waals surface area contributed by atoms with E-state index in [1.807, 2.05) is 0 Å². The maximum atomic E-state index is 8.27. The molecule has 0 unspecified atom stereocenters. The predicted octanol–water partition coefficient (Wildman–Crippen LogP) is 2.07. The van der Waals surface area contributed by atoms with Gasteiger partial charge in [0, 0.05) is 6.07 Å². The molecule has 0 aromatic carbocycles. The van der Waals surface area contributed by atoms with E-state index < -0.39 is 3.92 Å². The molecule has 0 aliphatic carbocycles. The molecule has 0 saturated heterocycles. The highest BCUT2D eigenvalue weighted by Gasteiger charge is 2.31. The topological polar surface area (TPSA) is 36.5 Å². The summed E-state index contributed by atoms with van der Waals surface area (Å²) in [6.45, 7) is 0. The third kappa shape index (κ3) is 3.03. The number of nitrogens with zero attached hydrogens (tertiary/aromatic N) is 2. The number of oxime groups is 1. The first kappa shape index (κ1) is 10.6. The monoisotopic (exact) mass is 239 g/mol. The Morgan fingerprint density at radius 2 is 2.15 bits per heavy atom. The molecule has 70 valence electrons. The van der Waals surface area contributed by atoms with Gasteiger partial charge >= 0.3 is 3.92 Å². The third-order valence-electron chi connectivity index (χ3n) is 1.32. The smallest absolute Gasteiger partial charge is 0.399 e. The number of alkyl halides is 3. The van der Waals surface area contributed by atoms with Gasteiger partial charge in [0.05, 0.1) is 11.8 Å². The molecule has 0 bridgehead atoms. The Labute approximate surface area is 90.1 Å². The van der Waals surface area contributed by atoms with Gasteiger partial charge in [0.1, 0.15) is 0 Å². The molecular formula is C7H6Cl3N2O+. The summed E-state index contributed by atoms with van der Waals surface area (Å²) in [5, 5.41) is 11.1. The predicted molar refractivity (Wildman–Crippen MR) is 51.6 cm³/mol. The van der Waals surface area contributed by atoms with Crippen LogP contribution in [-0.4, -0.2) is 11.4 Å². The summed E-state index contributed by atoms with van der Waals surface area (Å²) in [5.41, 5.74) is 0.635. The zero-order valence-electron chi connectivity index (χ0n) is 6.36. The lowest BCUT2D eigenvalue weighted by Crippen LogP contribution is -2.44. The fraction of sp³-hybridized carbons (Fsp3) is 0.143. The molecule has 0 atom stereocenters. The fourth-order valence-electron chi connectivity index (χ4n) is 0.794. The van der Waals surface area contributed by atoms with E-state index in [-0.39, 0.29) is 0 Å². The van der Waals surface area contributed by atoms with Crippen molar-refractivity contribution in [2.45, 2.75) is 3.92 Å². The number of rotatable bonds is 1. The van der Waals surface area contributed by atoms with E-state index in [1.165, 1.54) is 10.8 Å². The van der Waals surface area contributed by atoms with Crippen LogP contribution in [0, 0.1) is 0 Å². The van der Waals surface area contributed by atoms with Crippen LogP contribution in [0.15, 0.2) is 29.7 Å².